The van der Waals surface area contributed by atoms with Gasteiger partial charge in [-0.3, -0.25) is 0 Å². The molecule has 0 aliphatic carbocycles. The second-order valence-corrected chi connectivity index (χ2v) is 16.8. The molecule has 0 amide bonds. The summed E-state index contributed by atoms with van der Waals surface area (Å²) in [5.41, 5.74) is 9.20. The Balaban J connectivity index is 0.00000464. The smallest absolute Gasteiger partial charge is 0.661 e. The van der Waals surface area contributed by atoms with Crippen LogP contribution in [0, 0.1) is 6.07 Å². The van der Waals surface area contributed by atoms with E-state index in [0.29, 0.717) is 11.8 Å². The van der Waals surface area contributed by atoms with Crippen molar-refractivity contribution in [2.75, 3.05) is 0 Å². The molecular weight excluding hydrogens is 818 g/mol. The molecule has 7 aromatic rings. The fourth-order valence-electron chi connectivity index (χ4n) is 7.36. The largest absolute Gasteiger partial charge is 2.00 e. The molecule has 0 unspecified atom stereocenters. The summed E-state index contributed by atoms with van der Waals surface area (Å²) in [6.45, 7) is 25.2. The molecule has 3 aromatic carbocycles. The van der Waals surface area contributed by atoms with E-state index >= 15 is 0 Å². The third kappa shape index (κ3) is 6.19. The second-order valence-electron chi connectivity index (χ2n) is 16.8. The van der Waals surface area contributed by atoms with Crippen molar-refractivity contribution in [1.82, 2.24) is 24.1 Å². The van der Waals surface area contributed by atoms with Crippen LogP contribution in [0.4, 0.5) is 0 Å². The van der Waals surface area contributed by atoms with Gasteiger partial charge in [-0.05, 0) is 57.5 Å². The molecule has 0 aliphatic rings. The van der Waals surface area contributed by atoms with E-state index in [9.17, 15) is 0 Å². The minimum atomic E-state index is -0.432. The van der Waals surface area contributed by atoms with Crippen molar-refractivity contribution < 1.29 is 21.1 Å². The van der Waals surface area contributed by atoms with E-state index in [2.05, 4.69) is 170 Å². The van der Waals surface area contributed by atoms with E-state index in [4.69, 9.17) is 15.0 Å². The van der Waals surface area contributed by atoms with Gasteiger partial charge in [0.15, 0.2) is 0 Å². The molecule has 270 valence electrons. The number of imidazole rings is 1. The average molecular weight is 869 g/mol. The molecule has 0 saturated carbocycles. The Bertz CT molecular complexity index is 2280. The van der Waals surface area contributed by atoms with Crippen molar-refractivity contribution in [3.05, 3.63) is 131 Å². The summed E-state index contributed by atoms with van der Waals surface area (Å²) in [5, 5.41) is 2.38. The fraction of sp³-hybridized carbons (Fsp3) is 0.348. The van der Waals surface area contributed by atoms with Crippen LogP contribution in [0.3, 0.4) is 0 Å². The van der Waals surface area contributed by atoms with E-state index < -0.39 is 10.8 Å². The van der Waals surface area contributed by atoms with E-state index in [1.165, 1.54) is 33.2 Å². The monoisotopic (exact) mass is 868 g/mol. The van der Waals surface area contributed by atoms with Crippen molar-refractivity contribution in [1.29, 1.82) is 0 Å². The van der Waals surface area contributed by atoms with Gasteiger partial charge in [0.25, 0.3) is 0 Å². The number of fused-ring (bicyclic) bond motifs is 3. The first-order chi connectivity index (χ1) is 24.1. The maximum absolute atomic E-state index is 5.56. The van der Waals surface area contributed by atoms with Gasteiger partial charge in [-0.1, -0.05) is 136 Å². The molecule has 0 atom stereocenters. The molecule has 0 bridgehead atoms. The first kappa shape index (κ1) is 37.5. The molecule has 0 N–H and O–H groups in total. The molecule has 6 heteroatoms. The zero-order chi connectivity index (χ0) is 36.5. The van der Waals surface area contributed by atoms with Gasteiger partial charge in [0.05, 0.1) is 11.4 Å². The van der Waals surface area contributed by atoms with Crippen LogP contribution >= 0.6 is 0 Å². The number of aromatic nitrogens is 5. The molecule has 0 spiro atoms. The van der Waals surface area contributed by atoms with Gasteiger partial charge in [0, 0.05) is 28.2 Å². The number of pyridine rings is 1. The summed E-state index contributed by atoms with van der Waals surface area (Å²) in [6, 6.07) is 33.8. The third-order valence-electron chi connectivity index (χ3n) is 11.3. The SMILES string of the molecule is CC(C)c1cccc(C(C)C)c1-n1cc(C(C)(C)C(C)(C)c2cc(C(C)(C)C)cc(-n3c4[c-]cccc4c4ccccc43)n2)nc1-c1ccc[n-]1.[Pt+2]. The summed E-state index contributed by atoms with van der Waals surface area (Å²) in [6.07, 6.45) is 4.13. The van der Waals surface area contributed by atoms with Gasteiger partial charge >= 0.3 is 21.1 Å². The van der Waals surface area contributed by atoms with Gasteiger partial charge in [-0.15, -0.1) is 5.39 Å². The number of benzene rings is 3. The van der Waals surface area contributed by atoms with Crippen LogP contribution in [-0.2, 0) is 37.3 Å². The Hall–Kier alpha value is -4.21. The number of nitrogens with zero attached hydrogens (tertiary/aromatic N) is 5. The number of hydrogen-bond donors (Lipinski definition) is 0. The van der Waals surface area contributed by atoms with Crippen molar-refractivity contribution in [2.45, 2.75) is 104 Å². The summed E-state index contributed by atoms with van der Waals surface area (Å²) in [4.78, 5) is 15.8. The first-order valence-corrected chi connectivity index (χ1v) is 18.4. The number of hydrogen-bond acceptors (Lipinski definition) is 2. The quantitative estimate of drug-likeness (QED) is 0.143. The van der Waals surface area contributed by atoms with E-state index in [-0.39, 0.29) is 26.5 Å². The second kappa shape index (κ2) is 13.6. The van der Waals surface area contributed by atoms with Gasteiger partial charge in [-0.25, -0.2) is 9.97 Å². The van der Waals surface area contributed by atoms with Crippen LogP contribution in [0.5, 0.6) is 0 Å². The van der Waals surface area contributed by atoms with Gasteiger partial charge < -0.3 is 14.1 Å². The zero-order valence-electron chi connectivity index (χ0n) is 32.4. The summed E-state index contributed by atoms with van der Waals surface area (Å²) >= 11 is 0. The van der Waals surface area contributed by atoms with Crippen LogP contribution < -0.4 is 4.98 Å². The van der Waals surface area contributed by atoms with Crippen LogP contribution in [0.2, 0.25) is 0 Å². The van der Waals surface area contributed by atoms with Crippen LogP contribution in [0.1, 0.15) is 116 Å². The predicted octanol–water partition coefficient (Wildman–Crippen LogP) is 11.6. The summed E-state index contributed by atoms with van der Waals surface area (Å²) in [7, 11) is 0. The number of rotatable bonds is 8. The minimum absolute atomic E-state index is 0. The zero-order valence-corrected chi connectivity index (χ0v) is 34.7. The van der Waals surface area contributed by atoms with Crippen molar-refractivity contribution in [2.24, 2.45) is 0 Å². The molecule has 7 rings (SSSR count). The molecule has 0 fully saturated rings. The van der Waals surface area contributed by atoms with Crippen LogP contribution in [0.15, 0.2) is 97.3 Å². The first-order valence-electron chi connectivity index (χ1n) is 18.4. The molecule has 5 nitrogen and oxygen atoms in total. The predicted molar refractivity (Wildman–Crippen MR) is 213 cm³/mol. The maximum Gasteiger partial charge on any atom is 2.00 e. The Morgan fingerprint density at radius 1 is 0.692 bits per heavy atom. The van der Waals surface area contributed by atoms with Crippen LogP contribution in [0.25, 0.3) is 44.8 Å². The Labute approximate surface area is 324 Å². The summed E-state index contributed by atoms with van der Waals surface area (Å²) < 4.78 is 4.61. The molecular formula is C46H51N5Pt. The minimum Gasteiger partial charge on any atom is -0.661 e. The maximum atomic E-state index is 5.56. The van der Waals surface area contributed by atoms with Crippen LogP contribution in [-0.4, -0.2) is 19.1 Å². The summed E-state index contributed by atoms with van der Waals surface area (Å²) in [5.74, 6) is 2.46. The fourth-order valence-corrected chi connectivity index (χ4v) is 7.36. The standard InChI is InChI=1S/C46H51N5.Pt/c1-29(2)32-20-16-21-33(30(3)4)42(32)50-28-40(49-43(50)36-22-17-25-47-36)46(10,11)45(8,9)39-26-31(44(5,6)7)27-41(48-39)51-37-23-14-12-18-34(37)35-19-13-15-24-38(35)51;/h12-23,25-30H,1-11H3;/q-2;+2. The average Bonchev–Trinajstić information content (AvgIpc) is 3.85. The van der Waals surface area contributed by atoms with E-state index in [1.54, 1.807) is 0 Å². The van der Waals surface area contributed by atoms with Crippen molar-refractivity contribution >= 4 is 21.8 Å². The topological polar surface area (TPSA) is 49.7 Å². The van der Waals surface area contributed by atoms with Gasteiger partial charge in [0.2, 0.25) is 0 Å². The van der Waals surface area contributed by atoms with Gasteiger partial charge in [0.1, 0.15) is 11.6 Å². The van der Waals surface area contributed by atoms with E-state index in [1.807, 2.05) is 18.3 Å². The Kier molecular flexibility index (Phi) is 9.85. The van der Waals surface area contributed by atoms with Crippen molar-refractivity contribution in [3.8, 4) is 23.0 Å². The Morgan fingerprint density at radius 2 is 1.35 bits per heavy atom. The van der Waals surface area contributed by atoms with Crippen molar-refractivity contribution in [3.63, 3.8) is 0 Å². The molecule has 4 heterocycles. The van der Waals surface area contributed by atoms with Gasteiger partial charge in [-0.2, -0.15) is 30.5 Å². The third-order valence-corrected chi connectivity index (χ3v) is 11.3. The number of para-hydroxylation sites is 3. The van der Waals surface area contributed by atoms with E-state index in [0.717, 1.165) is 39.8 Å². The Morgan fingerprint density at radius 3 is 1.98 bits per heavy atom. The molecule has 0 aliphatic heterocycles. The molecule has 52 heavy (non-hydrogen) atoms. The normalized spacial score (nSPS) is 12.7. The molecule has 0 radical (unpaired) electrons. The molecule has 0 saturated heterocycles. The molecule has 4 aromatic heterocycles.